The van der Waals surface area contributed by atoms with Gasteiger partial charge in [0, 0.05) is 18.8 Å². The second kappa shape index (κ2) is 6.60. The molecule has 3 heteroatoms. The molecular formula is C16H25N3. The van der Waals surface area contributed by atoms with Gasteiger partial charge in [0.2, 0.25) is 0 Å². The van der Waals surface area contributed by atoms with Crippen LogP contribution in [0.3, 0.4) is 0 Å². The molecule has 0 aromatic heterocycles. The number of hydrogen-bond donors (Lipinski definition) is 1. The van der Waals surface area contributed by atoms with Gasteiger partial charge in [-0.2, -0.15) is 0 Å². The maximum absolute atomic E-state index is 4.52. The highest BCUT2D eigenvalue weighted by molar-refractivity contribution is 5.88. The van der Waals surface area contributed by atoms with E-state index < -0.39 is 0 Å². The minimum atomic E-state index is 0.669. The van der Waals surface area contributed by atoms with Crippen LogP contribution in [-0.4, -0.2) is 32.0 Å². The van der Waals surface area contributed by atoms with Crippen molar-refractivity contribution in [2.24, 2.45) is 16.8 Å². The van der Waals surface area contributed by atoms with Crippen LogP contribution in [-0.2, 0) is 0 Å². The molecule has 19 heavy (non-hydrogen) atoms. The highest BCUT2D eigenvalue weighted by atomic mass is 15.2. The molecule has 1 aliphatic rings. The summed E-state index contributed by atoms with van der Waals surface area (Å²) in [5, 5.41) is 3.37. The van der Waals surface area contributed by atoms with Gasteiger partial charge < -0.3 is 10.2 Å². The predicted molar refractivity (Wildman–Crippen MR) is 83.0 cm³/mol. The molecule has 0 amide bonds. The summed E-state index contributed by atoms with van der Waals surface area (Å²) in [6.45, 7) is 10.8. The molecule has 0 saturated heterocycles. The standard InChI is InChI=1S/C16H25N3/c1-13(2)14(3)11-19(12-16-17-9-10-18-16)15-7-5-4-6-8-15/h4-8,13-14H,9-12H2,1-3H3,(H,17,18). The minimum absolute atomic E-state index is 0.669. The fourth-order valence-electron chi connectivity index (χ4n) is 2.19. The third-order valence-corrected chi connectivity index (χ3v) is 3.85. The van der Waals surface area contributed by atoms with E-state index in [-0.39, 0.29) is 0 Å². The Balaban J connectivity index is 2.08. The van der Waals surface area contributed by atoms with E-state index in [1.807, 2.05) is 0 Å². The maximum atomic E-state index is 4.52. The van der Waals surface area contributed by atoms with E-state index in [4.69, 9.17) is 0 Å². The third-order valence-electron chi connectivity index (χ3n) is 3.85. The number of rotatable bonds is 6. The Bertz CT molecular complexity index is 411. The Hall–Kier alpha value is -1.51. The number of aliphatic imine (C=N–C) groups is 1. The Labute approximate surface area is 116 Å². The maximum Gasteiger partial charge on any atom is 0.116 e. The van der Waals surface area contributed by atoms with E-state index >= 15 is 0 Å². The molecule has 1 unspecified atom stereocenters. The van der Waals surface area contributed by atoms with Crippen molar-refractivity contribution in [3.63, 3.8) is 0 Å². The molecule has 0 bridgehead atoms. The highest BCUT2D eigenvalue weighted by Crippen LogP contribution is 2.18. The largest absolute Gasteiger partial charge is 0.370 e. The summed E-state index contributed by atoms with van der Waals surface area (Å²) in [5.74, 6) is 2.49. The second-order valence-corrected chi connectivity index (χ2v) is 5.69. The molecule has 0 aliphatic carbocycles. The molecule has 0 saturated carbocycles. The molecule has 0 radical (unpaired) electrons. The van der Waals surface area contributed by atoms with Crippen molar-refractivity contribution in [3.05, 3.63) is 30.3 Å². The van der Waals surface area contributed by atoms with Crippen molar-refractivity contribution >= 4 is 11.5 Å². The molecule has 104 valence electrons. The monoisotopic (exact) mass is 259 g/mol. The van der Waals surface area contributed by atoms with Gasteiger partial charge in [0.25, 0.3) is 0 Å². The number of nitrogens with zero attached hydrogens (tertiary/aromatic N) is 2. The number of anilines is 1. The van der Waals surface area contributed by atoms with Gasteiger partial charge in [-0.15, -0.1) is 0 Å². The first-order valence-electron chi connectivity index (χ1n) is 7.24. The van der Waals surface area contributed by atoms with Gasteiger partial charge in [0.1, 0.15) is 5.84 Å². The number of amidine groups is 1. The summed E-state index contributed by atoms with van der Waals surface area (Å²) in [5.41, 5.74) is 1.28. The van der Waals surface area contributed by atoms with E-state index in [9.17, 15) is 0 Å². The van der Waals surface area contributed by atoms with E-state index in [1.54, 1.807) is 0 Å². The zero-order valence-corrected chi connectivity index (χ0v) is 12.3. The first-order chi connectivity index (χ1) is 9.16. The van der Waals surface area contributed by atoms with Crippen molar-refractivity contribution in [1.29, 1.82) is 0 Å². The Morgan fingerprint density at radius 3 is 2.53 bits per heavy atom. The molecule has 1 N–H and O–H groups in total. The predicted octanol–water partition coefficient (Wildman–Crippen LogP) is 2.79. The summed E-state index contributed by atoms with van der Waals surface area (Å²) in [6.07, 6.45) is 0. The lowest BCUT2D eigenvalue weighted by molar-refractivity contribution is 0.420. The summed E-state index contributed by atoms with van der Waals surface area (Å²) >= 11 is 0. The van der Waals surface area contributed by atoms with Crippen LogP contribution >= 0.6 is 0 Å². The average molecular weight is 259 g/mol. The van der Waals surface area contributed by atoms with Gasteiger partial charge in [0.15, 0.2) is 0 Å². The quantitative estimate of drug-likeness (QED) is 0.850. The van der Waals surface area contributed by atoms with Crippen molar-refractivity contribution in [2.75, 3.05) is 31.1 Å². The Kier molecular flexibility index (Phi) is 4.83. The van der Waals surface area contributed by atoms with E-state index in [0.717, 1.165) is 32.0 Å². The molecule has 1 atom stereocenters. The van der Waals surface area contributed by atoms with Gasteiger partial charge >= 0.3 is 0 Å². The normalized spacial score (nSPS) is 16.1. The van der Waals surface area contributed by atoms with E-state index in [2.05, 4.69) is 66.3 Å². The van der Waals surface area contributed by atoms with E-state index in [1.165, 1.54) is 5.69 Å². The SMILES string of the molecule is CC(C)C(C)CN(CC1=NCCN1)c1ccccc1. The van der Waals surface area contributed by atoms with Crippen molar-refractivity contribution < 1.29 is 0 Å². The van der Waals surface area contributed by atoms with Gasteiger partial charge in [-0.05, 0) is 24.0 Å². The fraction of sp³-hybridized carbons (Fsp3) is 0.562. The van der Waals surface area contributed by atoms with Crippen molar-refractivity contribution in [1.82, 2.24) is 5.32 Å². The number of hydrogen-bond acceptors (Lipinski definition) is 3. The zero-order valence-electron chi connectivity index (χ0n) is 12.3. The smallest absolute Gasteiger partial charge is 0.116 e. The molecule has 1 aromatic rings. The Morgan fingerprint density at radius 2 is 1.95 bits per heavy atom. The highest BCUT2D eigenvalue weighted by Gasteiger charge is 2.16. The number of nitrogens with one attached hydrogen (secondary N) is 1. The van der Waals surface area contributed by atoms with E-state index in [0.29, 0.717) is 11.8 Å². The van der Waals surface area contributed by atoms with Crippen LogP contribution in [0, 0.1) is 11.8 Å². The van der Waals surface area contributed by atoms with Crippen LogP contribution < -0.4 is 10.2 Å². The summed E-state index contributed by atoms with van der Waals surface area (Å²) in [6, 6.07) is 10.6. The molecule has 3 nitrogen and oxygen atoms in total. The van der Waals surface area contributed by atoms with Gasteiger partial charge in [-0.3, -0.25) is 4.99 Å². The van der Waals surface area contributed by atoms with Gasteiger partial charge in [-0.25, -0.2) is 0 Å². The fourth-order valence-corrected chi connectivity index (χ4v) is 2.19. The number of benzene rings is 1. The molecule has 2 rings (SSSR count). The summed E-state index contributed by atoms with van der Waals surface area (Å²) in [7, 11) is 0. The zero-order chi connectivity index (χ0) is 13.7. The second-order valence-electron chi connectivity index (χ2n) is 5.69. The van der Waals surface area contributed by atoms with Crippen LogP contribution in [0.1, 0.15) is 20.8 Å². The number of para-hydroxylation sites is 1. The lowest BCUT2D eigenvalue weighted by Gasteiger charge is -2.29. The van der Waals surface area contributed by atoms with Crippen LogP contribution in [0.4, 0.5) is 5.69 Å². The lowest BCUT2D eigenvalue weighted by Crippen LogP contribution is -2.38. The van der Waals surface area contributed by atoms with Gasteiger partial charge in [0.05, 0.1) is 13.1 Å². The van der Waals surface area contributed by atoms with Crippen molar-refractivity contribution in [2.45, 2.75) is 20.8 Å². The van der Waals surface area contributed by atoms with Crippen LogP contribution in [0.5, 0.6) is 0 Å². The summed E-state index contributed by atoms with van der Waals surface area (Å²) < 4.78 is 0. The molecule has 1 aliphatic heterocycles. The summed E-state index contributed by atoms with van der Waals surface area (Å²) in [4.78, 5) is 6.95. The van der Waals surface area contributed by atoms with Gasteiger partial charge in [-0.1, -0.05) is 39.0 Å². The molecule has 0 spiro atoms. The minimum Gasteiger partial charge on any atom is -0.370 e. The van der Waals surface area contributed by atoms with Crippen LogP contribution in [0.2, 0.25) is 0 Å². The molecule has 0 fully saturated rings. The molecular weight excluding hydrogens is 234 g/mol. The molecule has 1 heterocycles. The van der Waals surface area contributed by atoms with Crippen LogP contribution in [0.25, 0.3) is 0 Å². The van der Waals surface area contributed by atoms with Crippen molar-refractivity contribution in [3.8, 4) is 0 Å². The lowest BCUT2D eigenvalue weighted by atomic mass is 9.97. The Morgan fingerprint density at radius 1 is 1.21 bits per heavy atom. The third kappa shape index (κ3) is 3.98. The molecule has 1 aromatic carbocycles. The average Bonchev–Trinajstić information content (AvgIpc) is 2.91. The first-order valence-corrected chi connectivity index (χ1v) is 7.24. The van der Waals surface area contributed by atoms with Crippen LogP contribution in [0.15, 0.2) is 35.3 Å². The first kappa shape index (κ1) is 13.9. The topological polar surface area (TPSA) is 27.6 Å².